The molecule has 1 aromatic heterocycles. The lowest BCUT2D eigenvalue weighted by Gasteiger charge is -2.32. The molecule has 0 aromatic carbocycles. The lowest BCUT2D eigenvalue weighted by Crippen LogP contribution is -2.56. The first-order valence-electron chi connectivity index (χ1n) is 6.38. The smallest absolute Gasteiger partial charge is 0.354 e. The Balaban J connectivity index is 2.03. The summed E-state index contributed by atoms with van der Waals surface area (Å²) in [5, 5.41) is 11.9. The average molecular weight is 359 g/mol. The summed E-state index contributed by atoms with van der Waals surface area (Å²) in [6.45, 7) is 1.96. The molecule has 21 heavy (non-hydrogen) atoms. The Labute approximate surface area is 130 Å². The van der Waals surface area contributed by atoms with Crippen molar-refractivity contribution in [1.82, 2.24) is 10.3 Å². The van der Waals surface area contributed by atoms with Crippen LogP contribution in [0.15, 0.2) is 16.7 Å². The molecule has 0 radical (unpaired) electrons. The molecule has 3 N–H and O–H groups in total. The van der Waals surface area contributed by atoms with Crippen LogP contribution in [0.1, 0.15) is 23.8 Å². The summed E-state index contributed by atoms with van der Waals surface area (Å²) in [7, 11) is 1.81. The lowest BCUT2D eigenvalue weighted by molar-refractivity contribution is -0.586. The van der Waals surface area contributed by atoms with Gasteiger partial charge >= 0.3 is 11.9 Å². The molecule has 2 atom stereocenters. The molecule has 1 aliphatic rings. The first kappa shape index (κ1) is 15.6. The van der Waals surface area contributed by atoms with Gasteiger partial charge in [0, 0.05) is 17.1 Å². The zero-order valence-corrected chi connectivity index (χ0v) is 13.3. The van der Waals surface area contributed by atoms with Crippen molar-refractivity contribution >= 4 is 34.2 Å². The fourth-order valence-electron chi connectivity index (χ4n) is 2.10. The highest BCUT2D eigenvalue weighted by Gasteiger charge is 2.42. The topological polar surface area (TPSA) is 94.4 Å². The number of carbonyl (C=O) groups is 2. The molecule has 8 heteroatoms. The molecule has 0 amide bonds. The predicted octanol–water partition coefficient (Wildman–Crippen LogP) is 0.810. The van der Waals surface area contributed by atoms with Crippen LogP contribution < -0.4 is 5.32 Å². The van der Waals surface area contributed by atoms with Crippen molar-refractivity contribution < 1.29 is 24.0 Å². The fraction of sp³-hybridized carbons (Fsp3) is 0.462. The van der Waals surface area contributed by atoms with E-state index in [2.05, 4.69) is 26.2 Å². The van der Waals surface area contributed by atoms with Gasteiger partial charge in [0.1, 0.15) is 17.8 Å². The van der Waals surface area contributed by atoms with Gasteiger partial charge in [0.25, 0.3) is 0 Å². The van der Waals surface area contributed by atoms with Crippen molar-refractivity contribution in [3.8, 4) is 0 Å². The molecule has 0 fully saturated rings. The van der Waals surface area contributed by atoms with Crippen molar-refractivity contribution in [2.75, 3.05) is 13.7 Å². The van der Waals surface area contributed by atoms with Gasteiger partial charge in [-0.15, -0.1) is 0 Å². The van der Waals surface area contributed by atoms with E-state index in [1.807, 2.05) is 18.5 Å². The summed E-state index contributed by atoms with van der Waals surface area (Å²) >= 11 is 3.25. The van der Waals surface area contributed by atoms with Crippen LogP contribution in [0.4, 0.5) is 0 Å². The third-order valence-electron chi connectivity index (χ3n) is 3.64. The zero-order chi connectivity index (χ0) is 15.6. The average Bonchev–Trinajstić information content (AvgIpc) is 2.86. The molecule has 0 unspecified atom stereocenters. The molecule has 0 saturated carbocycles. The molecule has 0 saturated heterocycles. The van der Waals surface area contributed by atoms with Crippen molar-refractivity contribution in [1.29, 1.82) is 0 Å². The standard InChI is InChI=1S/C13H16BrN3O4/c1-13(4-10(11(18)19)16-7-17(13)2)6-21-12(20)9-3-8(14)5-15-9/h3,5,7,10H,4,6H2,1-2H3,(H2,15,18,19,20)/p+1/t10-,13-/m0/s1. The van der Waals surface area contributed by atoms with Gasteiger partial charge < -0.3 is 14.8 Å². The number of nitrogens with one attached hydrogen (secondary N) is 2. The summed E-state index contributed by atoms with van der Waals surface area (Å²) in [5.74, 6) is -1.40. The molecule has 0 spiro atoms. The van der Waals surface area contributed by atoms with Crippen LogP contribution in [-0.2, 0) is 9.53 Å². The molecule has 114 valence electrons. The minimum absolute atomic E-state index is 0.0981. The first-order valence-corrected chi connectivity index (χ1v) is 7.17. The third kappa shape index (κ3) is 3.44. The number of carbonyl (C=O) groups excluding carboxylic acids is 1. The minimum Gasteiger partial charge on any atom is -0.478 e. The SMILES string of the molecule is C[N+]1=CN[C@H](C(=O)O)C[C@@]1(C)COC(=O)c1cc(Br)c[nH]1. The highest BCUT2D eigenvalue weighted by Crippen LogP contribution is 2.21. The van der Waals surface area contributed by atoms with E-state index in [1.165, 1.54) is 0 Å². The quantitative estimate of drug-likeness (QED) is 0.546. The van der Waals surface area contributed by atoms with E-state index in [0.717, 1.165) is 4.47 Å². The summed E-state index contributed by atoms with van der Waals surface area (Å²) in [6.07, 6.45) is 3.57. The van der Waals surface area contributed by atoms with Gasteiger partial charge in [-0.1, -0.05) is 0 Å². The maximum atomic E-state index is 11.9. The number of esters is 1. The van der Waals surface area contributed by atoms with Crippen LogP contribution in [0.25, 0.3) is 0 Å². The van der Waals surface area contributed by atoms with Crippen molar-refractivity contribution in [2.24, 2.45) is 0 Å². The highest BCUT2D eigenvalue weighted by molar-refractivity contribution is 9.10. The van der Waals surface area contributed by atoms with Gasteiger partial charge in [0.15, 0.2) is 6.04 Å². The number of hydrogen-bond acceptors (Lipinski definition) is 4. The molecule has 7 nitrogen and oxygen atoms in total. The van der Waals surface area contributed by atoms with Crippen LogP contribution in [0.5, 0.6) is 0 Å². The number of aromatic amines is 1. The number of H-pyrrole nitrogens is 1. The number of ether oxygens (including phenoxy) is 1. The van der Waals surface area contributed by atoms with E-state index < -0.39 is 23.5 Å². The minimum atomic E-state index is -0.926. The Kier molecular flexibility index (Phi) is 4.36. The van der Waals surface area contributed by atoms with Gasteiger partial charge in [-0.25, -0.2) is 9.59 Å². The number of aromatic nitrogens is 1. The van der Waals surface area contributed by atoms with E-state index in [0.29, 0.717) is 12.1 Å². The van der Waals surface area contributed by atoms with Crippen LogP contribution in [-0.4, -0.2) is 58.2 Å². The Morgan fingerprint density at radius 1 is 1.62 bits per heavy atom. The fourth-order valence-corrected chi connectivity index (χ4v) is 2.45. The number of rotatable bonds is 4. The summed E-state index contributed by atoms with van der Waals surface area (Å²) in [6, 6.07) is 0.938. The highest BCUT2D eigenvalue weighted by atomic mass is 79.9. The number of carboxylic acid groups (broad SMARTS) is 1. The van der Waals surface area contributed by atoms with Crippen LogP contribution in [0, 0.1) is 0 Å². The van der Waals surface area contributed by atoms with Crippen LogP contribution in [0.2, 0.25) is 0 Å². The van der Waals surface area contributed by atoms with Gasteiger partial charge in [-0.05, 0) is 28.9 Å². The van der Waals surface area contributed by atoms with Gasteiger partial charge in [-0.3, -0.25) is 9.89 Å². The molecular weight excluding hydrogens is 342 g/mol. The maximum Gasteiger partial charge on any atom is 0.354 e. The third-order valence-corrected chi connectivity index (χ3v) is 4.10. The van der Waals surface area contributed by atoms with Gasteiger partial charge in [0.05, 0.1) is 7.05 Å². The number of halogens is 1. The summed E-state index contributed by atoms with van der Waals surface area (Å²) in [4.78, 5) is 25.8. The Hall–Kier alpha value is -1.83. The second kappa shape index (κ2) is 5.88. The Bertz CT molecular complexity index is 598. The molecule has 2 rings (SSSR count). The van der Waals surface area contributed by atoms with E-state index in [-0.39, 0.29) is 6.61 Å². The molecular formula is C13H17BrN3O4+. The number of hydrogen-bond donors (Lipinski definition) is 3. The van der Waals surface area contributed by atoms with Crippen molar-refractivity contribution in [2.45, 2.75) is 24.9 Å². The second-order valence-electron chi connectivity index (χ2n) is 5.31. The first-order chi connectivity index (χ1) is 9.82. The summed E-state index contributed by atoms with van der Waals surface area (Å²) in [5.41, 5.74) is -0.228. The second-order valence-corrected chi connectivity index (χ2v) is 6.22. The van der Waals surface area contributed by atoms with E-state index >= 15 is 0 Å². The normalized spacial score (nSPS) is 24.9. The zero-order valence-electron chi connectivity index (χ0n) is 11.7. The Morgan fingerprint density at radius 3 is 2.90 bits per heavy atom. The van der Waals surface area contributed by atoms with Gasteiger partial charge in [-0.2, -0.15) is 0 Å². The molecule has 2 heterocycles. The largest absolute Gasteiger partial charge is 0.478 e. The molecule has 1 aromatic rings. The monoisotopic (exact) mass is 358 g/mol. The van der Waals surface area contributed by atoms with E-state index in [1.54, 1.807) is 18.6 Å². The van der Waals surface area contributed by atoms with E-state index in [4.69, 9.17) is 9.84 Å². The van der Waals surface area contributed by atoms with Crippen LogP contribution in [0.3, 0.4) is 0 Å². The molecule has 0 bridgehead atoms. The predicted molar refractivity (Wildman–Crippen MR) is 78.6 cm³/mol. The number of likely N-dealkylation sites (N-methyl/N-ethyl adjacent to an activating group) is 1. The van der Waals surface area contributed by atoms with Crippen molar-refractivity contribution in [3.05, 3.63) is 22.4 Å². The number of aliphatic carboxylic acids is 1. The van der Waals surface area contributed by atoms with Crippen LogP contribution >= 0.6 is 15.9 Å². The Morgan fingerprint density at radius 2 is 2.33 bits per heavy atom. The molecule has 1 aliphatic heterocycles. The van der Waals surface area contributed by atoms with Crippen molar-refractivity contribution in [3.63, 3.8) is 0 Å². The number of carboxylic acids is 1. The molecule has 0 aliphatic carbocycles. The van der Waals surface area contributed by atoms with E-state index in [9.17, 15) is 9.59 Å². The number of nitrogens with zero attached hydrogens (tertiary/aromatic N) is 1. The lowest BCUT2D eigenvalue weighted by atomic mass is 9.92. The van der Waals surface area contributed by atoms with Gasteiger partial charge in [0.2, 0.25) is 6.34 Å². The maximum absolute atomic E-state index is 11.9. The summed E-state index contributed by atoms with van der Waals surface area (Å²) < 4.78 is 7.90.